The molecular weight excluding hydrogens is 340 g/mol. The van der Waals surface area contributed by atoms with Crippen LogP contribution in [-0.4, -0.2) is 34.8 Å². The zero-order valence-corrected chi connectivity index (χ0v) is 16.0. The Morgan fingerprint density at radius 2 is 1.92 bits per heavy atom. The zero-order valence-electron chi connectivity index (χ0n) is 15.2. The van der Waals surface area contributed by atoms with Gasteiger partial charge in [-0.05, 0) is 33.6 Å². The molecule has 1 fully saturated rings. The lowest BCUT2D eigenvalue weighted by molar-refractivity contribution is 0.0442. The first-order valence-corrected chi connectivity index (χ1v) is 9.62. The number of carbonyl (C=O) groups excluding carboxylic acids is 2. The molecule has 0 unspecified atom stereocenters. The monoisotopic (exact) mass is 368 g/mol. The molecule has 7 nitrogen and oxygen atoms in total. The maximum Gasteiger partial charge on any atom is 0.408 e. The highest BCUT2D eigenvalue weighted by molar-refractivity contribution is 7.13. The second kappa shape index (κ2) is 8.51. The largest absolute Gasteiger partial charge is 0.444 e. The van der Waals surface area contributed by atoms with E-state index in [1.165, 1.54) is 11.3 Å². The molecule has 2 rings (SSSR count). The van der Waals surface area contributed by atoms with Gasteiger partial charge in [0.05, 0.1) is 5.54 Å². The van der Waals surface area contributed by atoms with Crippen LogP contribution in [0, 0.1) is 0 Å². The number of nitrogens with zero attached hydrogens (tertiary/aromatic N) is 1. The maximum atomic E-state index is 12.3. The predicted molar refractivity (Wildman–Crippen MR) is 98.9 cm³/mol. The molecule has 25 heavy (non-hydrogen) atoms. The number of rotatable bonds is 4. The third-order valence-electron chi connectivity index (χ3n) is 4.07. The molecule has 8 heteroatoms. The van der Waals surface area contributed by atoms with E-state index in [-0.39, 0.29) is 6.03 Å². The fourth-order valence-corrected chi connectivity index (χ4v) is 3.47. The highest BCUT2D eigenvalue weighted by Crippen LogP contribution is 2.27. The van der Waals surface area contributed by atoms with Crippen LogP contribution in [0.4, 0.5) is 14.7 Å². The third kappa shape index (κ3) is 6.89. The van der Waals surface area contributed by atoms with Gasteiger partial charge in [0.15, 0.2) is 5.13 Å². The van der Waals surface area contributed by atoms with Gasteiger partial charge in [0.1, 0.15) is 5.60 Å². The number of urea groups is 1. The number of thiazole rings is 1. The van der Waals surface area contributed by atoms with Gasteiger partial charge >= 0.3 is 12.1 Å². The van der Waals surface area contributed by atoms with Crippen molar-refractivity contribution in [1.82, 2.24) is 15.6 Å². The summed E-state index contributed by atoms with van der Waals surface area (Å²) in [5, 5.41) is 10.9. The van der Waals surface area contributed by atoms with E-state index in [9.17, 15) is 9.59 Å². The lowest BCUT2D eigenvalue weighted by atomic mass is 9.90. The number of ether oxygens (including phenoxy) is 1. The number of anilines is 1. The summed E-state index contributed by atoms with van der Waals surface area (Å²) in [6, 6.07) is -0.315. The average molecular weight is 369 g/mol. The van der Waals surface area contributed by atoms with E-state index in [2.05, 4.69) is 20.9 Å². The van der Waals surface area contributed by atoms with Gasteiger partial charge in [-0.3, -0.25) is 5.32 Å². The van der Waals surface area contributed by atoms with Gasteiger partial charge in [0.2, 0.25) is 0 Å². The zero-order chi connectivity index (χ0) is 18.3. The second-order valence-corrected chi connectivity index (χ2v) is 8.36. The lowest BCUT2D eigenvalue weighted by Gasteiger charge is -2.35. The SMILES string of the molecule is CC(C)(C)OC(=O)NC1(CNC(=O)Nc2nccs2)CCCCCC1. The summed E-state index contributed by atoms with van der Waals surface area (Å²) in [7, 11) is 0. The molecule has 0 aliphatic heterocycles. The summed E-state index contributed by atoms with van der Waals surface area (Å²) in [6.45, 7) is 5.88. The highest BCUT2D eigenvalue weighted by atomic mass is 32.1. The molecule has 1 aromatic rings. The van der Waals surface area contributed by atoms with Gasteiger partial charge in [-0.25, -0.2) is 14.6 Å². The molecule has 0 radical (unpaired) electrons. The Bertz CT molecular complexity index is 561. The van der Waals surface area contributed by atoms with Gasteiger partial charge < -0.3 is 15.4 Å². The van der Waals surface area contributed by atoms with Crippen molar-refractivity contribution in [3.05, 3.63) is 11.6 Å². The number of hydrogen-bond donors (Lipinski definition) is 3. The Balaban J connectivity index is 1.96. The summed E-state index contributed by atoms with van der Waals surface area (Å²) in [5.74, 6) is 0. The van der Waals surface area contributed by atoms with Gasteiger partial charge in [0.25, 0.3) is 0 Å². The third-order valence-corrected chi connectivity index (χ3v) is 4.76. The van der Waals surface area contributed by atoms with Crippen molar-refractivity contribution in [3.63, 3.8) is 0 Å². The van der Waals surface area contributed by atoms with Crippen LogP contribution in [0.15, 0.2) is 11.6 Å². The topological polar surface area (TPSA) is 92.4 Å². The normalized spacial score (nSPS) is 17.2. The summed E-state index contributed by atoms with van der Waals surface area (Å²) < 4.78 is 5.41. The van der Waals surface area contributed by atoms with Crippen LogP contribution in [0.2, 0.25) is 0 Å². The van der Waals surface area contributed by atoms with Gasteiger partial charge in [0, 0.05) is 18.1 Å². The van der Waals surface area contributed by atoms with Crippen molar-refractivity contribution in [3.8, 4) is 0 Å². The van der Waals surface area contributed by atoms with E-state index in [0.717, 1.165) is 38.5 Å². The fraction of sp³-hybridized carbons (Fsp3) is 0.706. The Morgan fingerprint density at radius 3 is 2.48 bits per heavy atom. The van der Waals surface area contributed by atoms with Crippen LogP contribution < -0.4 is 16.0 Å². The molecule has 1 heterocycles. The average Bonchev–Trinajstić information content (AvgIpc) is 2.89. The van der Waals surface area contributed by atoms with E-state index in [1.807, 2.05) is 20.8 Å². The molecule has 3 N–H and O–H groups in total. The van der Waals surface area contributed by atoms with E-state index < -0.39 is 17.2 Å². The van der Waals surface area contributed by atoms with Crippen molar-refractivity contribution in [2.45, 2.75) is 70.4 Å². The standard InChI is InChI=1S/C17H28N4O3S/c1-16(2,3)24-15(23)21-17(8-6-4-5-7-9-17)12-19-13(22)20-14-18-10-11-25-14/h10-11H,4-9,12H2,1-3H3,(H,21,23)(H2,18,19,20,22). The molecule has 1 aliphatic rings. The van der Waals surface area contributed by atoms with Gasteiger partial charge in [-0.2, -0.15) is 0 Å². The van der Waals surface area contributed by atoms with Crippen LogP contribution in [-0.2, 0) is 4.74 Å². The Morgan fingerprint density at radius 1 is 1.24 bits per heavy atom. The first-order chi connectivity index (χ1) is 11.8. The molecule has 140 valence electrons. The molecule has 0 saturated heterocycles. The molecule has 0 spiro atoms. The lowest BCUT2D eigenvalue weighted by Crippen LogP contribution is -2.56. The number of carbonyl (C=O) groups is 2. The van der Waals surface area contributed by atoms with Crippen LogP contribution in [0.1, 0.15) is 59.3 Å². The molecule has 0 bridgehead atoms. The first kappa shape index (κ1) is 19.5. The summed E-state index contributed by atoms with van der Waals surface area (Å²) in [5.41, 5.74) is -1.02. The van der Waals surface area contributed by atoms with E-state index in [1.54, 1.807) is 11.6 Å². The molecule has 0 aromatic carbocycles. The number of hydrogen-bond acceptors (Lipinski definition) is 5. The minimum atomic E-state index is -0.550. The van der Waals surface area contributed by atoms with E-state index in [4.69, 9.17) is 4.74 Å². The Labute approximate surface area is 152 Å². The van der Waals surface area contributed by atoms with Crippen LogP contribution in [0.5, 0.6) is 0 Å². The quantitative estimate of drug-likeness (QED) is 0.703. The summed E-state index contributed by atoms with van der Waals surface area (Å²) in [4.78, 5) is 28.4. The molecular formula is C17H28N4O3S. The van der Waals surface area contributed by atoms with Crippen molar-refractivity contribution in [2.75, 3.05) is 11.9 Å². The van der Waals surface area contributed by atoms with Crippen molar-refractivity contribution in [1.29, 1.82) is 0 Å². The molecule has 1 aromatic heterocycles. The van der Waals surface area contributed by atoms with E-state index >= 15 is 0 Å². The van der Waals surface area contributed by atoms with Crippen LogP contribution in [0.3, 0.4) is 0 Å². The number of alkyl carbamates (subject to hydrolysis) is 1. The minimum Gasteiger partial charge on any atom is -0.444 e. The van der Waals surface area contributed by atoms with E-state index in [0.29, 0.717) is 11.7 Å². The number of amides is 3. The Kier molecular flexibility index (Phi) is 6.64. The smallest absolute Gasteiger partial charge is 0.408 e. The molecule has 3 amide bonds. The van der Waals surface area contributed by atoms with Crippen molar-refractivity contribution >= 4 is 28.6 Å². The summed E-state index contributed by atoms with van der Waals surface area (Å²) >= 11 is 1.36. The van der Waals surface area contributed by atoms with Crippen molar-refractivity contribution < 1.29 is 14.3 Å². The highest BCUT2D eigenvalue weighted by Gasteiger charge is 2.34. The fourth-order valence-electron chi connectivity index (χ4n) is 2.95. The van der Waals surface area contributed by atoms with Gasteiger partial charge in [-0.1, -0.05) is 25.7 Å². The number of nitrogens with one attached hydrogen (secondary N) is 3. The Hall–Kier alpha value is -1.83. The van der Waals surface area contributed by atoms with Crippen LogP contribution >= 0.6 is 11.3 Å². The maximum absolute atomic E-state index is 12.3. The molecule has 1 aliphatic carbocycles. The summed E-state index contributed by atoms with van der Waals surface area (Å²) in [6.07, 6.45) is 7.17. The predicted octanol–water partition coefficient (Wildman–Crippen LogP) is 3.88. The minimum absolute atomic E-state index is 0.315. The van der Waals surface area contributed by atoms with Gasteiger partial charge in [-0.15, -0.1) is 11.3 Å². The molecule has 1 saturated carbocycles. The number of aromatic nitrogens is 1. The second-order valence-electron chi connectivity index (χ2n) is 7.47. The first-order valence-electron chi connectivity index (χ1n) is 8.74. The van der Waals surface area contributed by atoms with Crippen LogP contribution in [0.25, 0.3) is 0 Å². The van der Waals surface area contributed by atoms with Crippen molar-refractivity contribution in [2.24, 2.45) is 0 Å². The molecule has 0 atom stereocenters.